The molecule has 134 valence electrons. The number of hydrogen-bond donors (Lipinski definition) is 1. The second-order valence-electron chi connectivity index (χ2n) is 6.05. The zero-order valence-electron chi connectivity index (χ0n) is 14.2. The first-order chi connectivity index (χ1) is 13.1. The highest BCUT2D eigenvalue weighted by molar-refractivity contribution is 9.10. The maximum atomic E-state index is 12.7. The Hall–Kier alpha value is -2.63. The van der Waals surface area contributed by atoms with E-state index in [9.17, 15) is 4.79 Å². The number of carbonyl (C=O) groups is 1. The maximum Gasteiger partial charge on any atom is 0.244 e. The Morgan fingerprint density at radius 2 is 1.70 bits per heavy atom. The fourth-order valence-electron chi connectivity index (χ4n) is 2.96. The van der Waals surface area contributed by atoms with E-state index in [4.69, 9.17) is 16.6 Å². The van der Waals surface area contributed by atoms with E-state index in [0.717, 1.165) is 26.8 Å². The molecule has 0 aliphatic carbocycles. The first-order valence-corrected chi connectivity index (χ1v) is 9.54. The van der Waals surface area contributed by atoms with Gasteiger partial charge in [0.25, 0.3) is 0 Å². The molecular weight excluding hydrogens is 426 g/mol. The second kappa shape index (κ2) is 7.55. The fraction of sp³-hybridized carbons (Fsp3) is 0.0476. The Labute approximate surface area is 169 Å². The van der Waals surface area contributed by atoms with Crippen molar-refractivity contribution in [2.75, 3.05) is 5.32 Å². The summed E-state index contributed by atoms with van der Waals surface area (Å²) in [5.41, 5.74) is 3.25. The Morgan fingerprint density at radius 1 is 1.00 bits per heavy atom. The van der Waals surface area contributed by atoms with Crippen LogP contribution in [0.3, 0.4) is 0 Å². The minimum atomic E-state index is -0.131. The summed E-state index contributed by atoms with van der Waals surface area (Å²) in [6, 6.07) is 22.7. The van der Waals surface area contributed by atoms with Crippen LogP contribution in [0.1, 0.15) is 0 Å². The smallest absolute Gasteiger partial charge is 0.244 e. The minimum absolute atomic E-state index is 0.131. The van der Waals surface area contributed by atoms with Crippen LogP contribution in [0.15, 0.2) is 77.3 Å². The molecule has 1 N–H and O–H groups in total. The summed E-state index contributed by atoms with van der Waals surface area (Å²) in [6.07, 6.45) is 0. The lowest BCUT2D eigenvalue weighted by molar-refractivity contribution is -0.116. The van der Waals surface area contributed by atoms with Crippen LogP contribution < -0.4 is 5.32 Å². The molecule has 0 fully saturated rings. The molecule has 0 spiro atoms. The van der Waals surface area contributed by atoms with Gasteiger partial charge in [0.2, 0.25) is 5.91 Å². The number of imidazole rings is 1. The van der Waals surface area contributed by atoms with Crippen LogP contribution in [0.5, 0.6) is 0 Å². The molecule has 4 nitrogen and oxygen atoms in total. The van der Waals surface area contributed by atoms with Gasteiger partial charge in [0.05, 0.1) is 16.1 Å². The molecule has 6 heteroatoms. The number of para-hydroxylation sites is 2. The van der Waals surface area contributed by atoms with Crippen molar-refractivity contribution in [3.8, 4) is 11.4 Å². The standard InChI is InChI=1S/C21H15BrClN3O/c22-14-9-11-15(12-10-14)24-20(27)13-26-19-8-4-3-7-18(19)25-21(26)16-5-1-2-6-17(16)23/h1-12H,13H2,(H,24,27). The zero-order valence-corrected chi connectivity index (χ0v) is 16.5. The highest BCUT2D eigenvalue weighted by atomic mass is 79.9. The lowest BCUT2D eigenvalue weighted by atomic mass is 10.2. The third-order valence-corrected chi connectivity index (χ3v) is 5.06. The van der Waals surface area contributed by atoms with Crippen molar-refractivity contribution in [2.24, 2.45) is 0 Å². The Balaban J connectivity index is 1.72. The maximum absolute atomic E-state index is 12.7. The van der Waals surface area contributed by atoms with Crippen LogP contribution in [0.25, 0.3) is 22.4 Å². The number of rotatable bonds is 4. The van der Waals surface area contributed by atoms with E-state index in [1.807, 2.05) is 77.4 Å². The molecule has 0 saturated carbocycles. The molecule has 27 heavy (non-hydrogen) atoms. The van der Waals surface area contributed by atoms with Crippen LogP contribution in [0.2, 0.25) is 5.02 Å². The van der Waals surface area contributed by atoms with E-state index >= 15 is 0 Å². The SMILES string of the molecule is O=C(Cn1c(-c2ccccc2Cl)nc2ccccc21)Nc1ccc(Br)cc1. The molecule has 0 bridgehead atoms. The zero-order chi connectivity index (χ0) is 18.8. The summed E-state index contributed by atoms with van der Waals surface area (Å²) < 4.78 is 2.85. The van der Waals surface area contributed by atoms with Crippen LogP contribution in [-0.2, 0) is 11.3 Å². The predicted molar refractivity (Wildman–Crippen MR) is 113 cm³/mol. The number of hydrogen-bond acceptors (Lipinski definition) is 2. The summed E-state index contributed by atoms with van der Waals surface area (Å²) in [4.78, 5) is 17.4. The summed E-state index contributed by atoms with van der Waals surface area (Å²) in [5.74, 6) is 0.543. The van der Waals surface area contributed by atoms with Gasteiger partial charge in [0.15, 0.2) is 0 Å². The minimum Gasteiger partial charge on any atom is -0.325 e. The molecule has 0 aliphatic heterocycles. The molecular formula is C21H15BrClN3O. The first kappa shape index (κ1) is 17.8. The van der Waals surface area contributed by atoms with E-state index in [1.54, 1.807) is 0 Å². The highest BCUT2D eigenvalue weighted by Gasteiger charge is 2.17. The molecule has 0 saturated heterocycles. The van der Waals surface area contributed by atoms with Gasteiger partial charge >= 0.3 is 0 Å². The van der Waals surface area contributed by atoms with Crippen LogP contribution >= 0.6 is 27.5 Å². The van der Waals surface area contributed by atoms with Crippen molar-refractivity contribution in [1.29, 1.82) is 0 Å². The van der Waals surface area contributed by atoms with E-state index in [0.29, 0.717) is 10.8 Å². The van der Waals surface area contributed by atoms with Crippen LogP contribution in [-0.4, -0.2) is 15.5 Å². The van der Waals surface area contributed by atoms with Gasteiger partial charge in [-0.3, -0.25) is 4.79 Å². The van der Waals surface area contributed by atoms with Crippen LogP contribution in [0, 0.1) is 0 Å². The number of carbonyl (C=O) groups excluding carboxylic acids is 1. The van der Waals surface area contributed by atoms with Crippen LogP contribution in [0.4, 0.5) is 5.69 Å². The number of benzene rings is 3. The number of anilines is 1. The second-order valence-corrected chi connectivity index (χ2v) is 7.37. The number of nitrogens with one attached hydrogen (secondary N) is 1. The van der Waals surface area contributed by atoms with Crippen molar-refractivity contribution < 1.29 is 4.79 Å². The van der Waals surface area contributed by atoms with Gasteiger partial charge in [0, 0.05) is 15.7 Å². The molecule has 4 aromatic rings. The van der Waals surface area contributed by atoms with Gasteiger partial charge in [-0.1, -0.05) is 51.8 Å². The van der Waals surface area contributed by atoms with Crippen molar-refractivity contribution in [1.82, 2.24) is 9.55 Å². The summed E-state index contributed by atoms with van der Waals surface area (Å²) >= 11 is 9.77. The number of fused-ring (bicyclic) bond motifs is 1. The fourth-order valence-corrected chi connectivity index (χ4v) is 3.45. The Morgan fingerprint density at radius 3 is 2.48 bits per heavy atom. The average Bonchev–Trinajstić information content (AvgIpc) is 3.02. The van der Waals surface area contributed by atoms with Gasteiger partial charge in [-0.15, -0.1) is 0 Å². The molecule has 0 unspecified atom stereocenters. The molecule has 1 heterocycles. The molecule has 0 atom stereocenters. The number of halogens is 2. The summed E-state index contributed by atoms with van der Waals surface area (Å²) in [7, 11) is 0. The van der Waals surface area contributed by atoms with Crippen molar-refractivity contribution in [3.63, 3.8) is 0 Å². The molecule has 4 rings (SSSR count). The van der Waals surface area contributed by atoms with Crippen molar-refractivity contribution in [2.45, 2.75) is 6.54 Å². The largest absolute Gasteiger partial charge is 0.325 e. The van der Waals surface area contributed by atoms with Gasteiger partial charge in [0.1, 0.15) is 12.4 Å². The van der Waals surface area contributed by atoms with E-state index in [-0.39, 0.29) is 12.5 Å². The third kappa shape index (κ3) is 3.75. The van der Waals surface area contributed by atoms with Crippen molar-refractivity contribution >= 4 is 50.2 Å². The molecule has 1 aromatic heterocycles. The third-order valence-electron chi connectivity index (χ3n) is 4.20. The Kier molecular flexibility index (Phi) is 4.97. The Bertz CT molecular complexity index is 1120. The topological polar surface area (TPSA) is 46.9 Å². The van der Waals surface area contributed by atoms with E-state index in [2.05, 4.69) is 21.2 Å². The summed E-state index contributed by atoms with van der Waals surface area (Å²) in [6.45, 7) is 0.136. The van der Waals surface area contributed by atoms with Gasteiger partial charge in [-0.25, -0.2) is 4.98 Å². The van der Waals surface area contributed by atoms with E-state index in [1.165, 1.54) is 0 Å². The average molecular weight is 441 g/mol. The quantitative estimate of drug-likeness (QED) is 0.439. The number of aromatic nitrogens is 2. The molecule has 3 aromatic carbocycles. The monoisotopic (exact) mass is 439 g/mol. The molecule has 0 aliphatic rings. The number of amides is 1. The first-order valence-electron chi connectivity index (χ1n) is 8.37. The predicted octanol–water partition coefficient (Wildman–Crippen LogP) is 5.76. The molecule has 0 radical (unpaired) electrons. The highest BCUT2D eigenvalue weighted by Crippen LogP contribution is 2.30. The van der Waals surface area contributed by atoms with E-state index < -0.39 is 0 Å². The molecule has 1 amide bonds. The van der Waals surface area contributed by atoms with Gasteiger partial charge in [-0.2, -0.15) is 0 Å². The van der Waals surface area contributed by atoms with Crippen molar-refractivity contribution in [3.05, 3.63) is 82.3 Å². The summed E-state index contributed by atoms with van der Waals surface area (Å²) in [5, 5.41) is 3.52. The normalized spacial score (nSPS) is 10.9. The van der Waals surface area contributed by atoms with Gasteiger partial charge in [-0.05, 0) is 48.5 Å². The van der Waals surface area contributed by atoms with Gasteiger partial charge < -0.3 is 9.88 Å². The lowest BCUT2D eigenvalue weighted by Gasteiger charge is -2.11. The lowest BCUT2D eigenvalue weighted by Crippen LogP contribution is -2.19. The number of nitrogens with zero attached hydrogens (tertiary/aromatic N) is 2.